The Morgan fingerprint density at radius 2 is 2.27 bits per heavy atom. The number of aliphatic hydroxyl groups excluding tert-OH is 1. The van der Waals surface area contributed by atoms with Crippen LogP contribution in [0.5, 0.6) is 0 Å². The van der Waals surface area contributed by atoms with E-state index in [9.17, 15) is 4.79 Å². The maximum atomic E-state index is 11.9. The summed E-state index contributed by atoms with van der Waals surface area (Å²) in [6.45, 7) is 5.43. The standard InChI is InChI=1S/C10H16N2O2S/c1-7-11-5-8(15-7)9(14)12(4)10(2,3)6-13/h5,13H,6H2,1-4H3. The van der Waals surface area contributed by atoms with E-state index >= 15 is 0 Å². The van der Waals surface area contributed by atoms with Crippen molar-refractivity contribution in [3.05, 3.63) is 16.1 Å². The zero-order valence-corrected chi connectivity index (χ0v) is 10.3. The summed E-state index contributed by atoms with van der Waals surface area (Å²) in [5.41, 5.74) is -0.547. The first kappa shape index (κ1) is 12.1. The van der Waals surface area contributed by atoms with Crippen LogP contribution in [0.3, 0.4) is 0 Å². The van der Waals surface area contributed by atoms with Crippen molar-refractivity contribution in [3.8, 4) is 0 Å². The first-order valence-electron chi connectivity index (χ1n) is 4.70. The number of aromatic nitrogens is 1. The molecule has 4 nitrogen and oxygen atoms in total. The summed E-state index contributed by atoms with van der Waals surface area (Å²) in [5, 5.41) is 10.0. The molecule has 0 aliphatic carbocycles. The fraction of sp³-hybridized carbons (Fsp3) is 0.600. The zero-order valence-electron chi connectivity index (χ0n) is 9.44. The highest BCUT2D eigenvalue weighted by atomic mass is 32.1. The molecule has 1 heterocycles. The third kappa shape index (κ3) is 2.54. The van der Waals surface area contributed by atoms with Gasteiger partial charge in [0.2, 0.25) is 0 Å². The van der Waals surface area contributed by atoms with Gasteiger partial charge in [0.25, 0.3) is 5.91 Å². The number of rotatable bonds is 3. The van der Waals surface area contributed by atoms with Crippen LogP contribution >= 0.6 is 11.3 Å². The average molecular weight is 228 g/mol. The third-order valence-electron chi connectivity index (χ3n) is 2.43. The molecule has 0 bridgehead atoms. The molecule has 84 valence electrons. The lowest BCUT2D eigenvalue weighted by atomic mass is 10.1. The normalized spacial score (nSPS) is 11.5. The number of aryl methyl sites for hydroxylation is 1. The topological polar surface area (TPSA) is 53.4 Å². The average Bonchev–Trinajstić information content (AvgIpc) is 2.62. The van der Waals surface area contributed by atoms with Gasteiger partial charge in [-0.05, 0) is 20.8 Å². The first-order chi connectivity index (χ1) is 6.88. The van der Waals surface area contributed by atoms with E-state index in [2.05, 4.69) is 4.98 Å². The summed E-state index contributed by atoms with van der Waals surface area (Å²) in [6.07, 6.45) is 1.58. The van der Waals surface area contributed by atoms with E-state index in [0.29, 0.717) is 4.88 Å². The van der Waals surface area contributed by atoms with Gasteiger partial charge in [-0.3, -0.25) is 4.79 Å². The Bertz CT molecular complexity index is 360. The molecule has 0 unspecified atom stereocenters. The number of thiazole rings is 1. The van der Waals surface area contributed by atoms with Gasteiger partial charge >= 0.3 is 0 Å². The van der Waals surface area contributed by atoms with Crippen molar-refractivity contribution in [2.45, 2.75) is 26.3 Å². The van der Waals surface area contributed by atoms with E-state index in [-0.39, 0.29) is 12.5 Å². The minimum Gasteiger partial charge on any atom is -0.394 e. The van der Waals surface area contributed by atoms with Gasteiger partial charge in [0.1, 0.15) is 4.88 Å². The van der Waals surface area contributed by atoms with E-state index in [1.807, 2.05) is 20.8 Å². The molecular weight excluding hydrogens is 212 g/mol. The maximum absolute atomic E-state index is 11.9. The van der Waals surface area contributed by atoms with Crippen molar-refractivity contribution >= 4 is 17.2 Å². The Kier molecular flexibility index (Phi) is 3.46. The van der Waals surface area contributed by atoms with E-state index in [1.54, 1.807) is 18.1 Å². The Balaban J connectivity index is 2.86. The van der Waals surface area contributed by atoms with E-state index < -0.39 is 5.54 Å². The number of hydrogen-bond donors (Lipinski definition) is 1. The van der Waals surface area contributed by atoms with Crippen LogP contribution < -0.4 is 0 Å². The van der Waals surface area contributed by atoms with Crippen molar-refractivity contribution in [3.63, 3.8) is 0 Å². The van der Waals surface area contributed by atoms with Crippen molar-refractivity contribution in [2.75, 3.05) is 13.7 Å². The van der Waals surface area contributed by atoms with Crippen LogP contribution in [0.1, 0.15) is 28.5 Å². The quantitative estimate of drug-likeness (QED) is 0.848. The second-order valence-corrected chi connectivity index (χ2v) is 5.31. The van der Waals surface area contributed by atoms with Gasteiger partial charge in [0.05, 0.1) is 23.4 Å². The van der Waals surface area contributed by atoms with Crippen LogP contribution in [0.25, 0.3) is 0 Å². The molecule has 0 radical (unpaired) electrons. The molecule has 0 saturated heterocycles. The van der Waals surface area contributed by atoms with Crippen molar-refractivity contribution in [1.82, 2.24) is 9.88 Å². The van der Waals surface area contributed by atoms with Gasteiger partial charge in [0, 0.05) is 7.05 Å². The molecule has 0 atom stereocenters. The lowest BCUT2D eigenvalue weighted by Crippen LogP contribution is -2.47. The van der Waals surface area contributed by atoms with Gasteiger partial charge in [-0.15, -0.1) is 11.3 Å². The number of carbonyl (C=O) groups excluding carboxylic acids is 1. The Hall–Kier alpha value is -0.940. The number of likely N-dealkylation sites (N-methyl/N-ethyl adjacent to an activating group) is 1. The molecule has 1 rings (SSSR count). The molecule has 0 fully saturated rings. The predicted molar refractivity (Wildman–Crippen MR) is 60.1 cm³/mol. The van der Waals surface area contributed by atoms with Gasteiger partial charge in [-0.2, -0.15) is 0 Å². The number of hydrogen-bond acceptors (Lipinski definition) is 4. The second kappa shape index (κ2) is 4.28. The van der Waals surface area contributed by atoms with Gasteiger partial charge < -0.3 is 10.0 Å². The predicted octanol–water partition coefficient (Wildman–Crippen LogP) is 1.29. The van der Waals surface area contributed by atoms with Crippen molar-refractivity contribution in [2.24, 2.45) is 0 Å². The van der Waals surface area contributed by atoms with Crippen LogP contribution in [-0.2, 0) is 0 Å². The summed E-state index contributed by atoms with van der Waals surface area (Å²) in [5.74, 6) is -0.0975. The molecule has 1 amide bonds. The molecule has 1 N–H and O–H groups in total. The Labute approximate surface area is 93.6 Å². The molecule has 0 aliphatic rings. The second-order valence-electron chi connectivity index (χ2n) is 4.08. The molecule has 0 aromatic carbocycles. The summed E-state index contributed by atoms with van der Waals surface area (Å²) in [4.78, 5) is 18.1. The van der Waals surface area contributed by atoms with Gasteiger partial charge in [0.15, 0.2) is 0 Å². The van der Waals surface area contributed by atoms with Gasteiger partial charge in [-0.1, -0.05) is 0 Å². The fourth-order valence-electron chi connectivity index (χ4n) is 1.01. The molecule has 15 heavy (non-hydrogen) atoms. The molecular formula is C10H16N2O2S. The summed E-state index contributed by atoms with van der Waals surface area (Å²) >= 11 is 1.37. The Morgan fingerprint density at radius 1 is 1.67 bits per heavy atom. The van der Waals surface area contributed by atoms with Gasteiger partial charge in [-0.25, -0.2) is 4.98 Å². The van der Waals surface area contributed by atoms with E-state index in [1.165, 1.54) is 11.3 Å². The fourth-order valence-corrected chi connectivity index (χ4v) is 1.76. The number of nitrogens with zero attached hydrogens (tertiary/aromatic N) is 2. The maximum Gasteiger partial charge on any atom is 0.265 e. The minimum absolute atomic E-state index is 0.0625. The summed E-state index contributed by atoms with van der Waals surface area (Å²) < 4.78 is 0. The highest BCUT2D eigenvalue weighted by Crippen LogP contribution is 2.19. The van der Waals surface area contributed by atoms with E-state index in [4.69, 9.17) is 5.11 Å². The van der Waals surface area contributed by atoms with E-state index in [0.717, 1.165) is 5.01 Å². The third-order valence-corrected chi connectivity index (χ3v) is 3.33. The largest absolute Gasteiger partial charge is 0.394 e. The Morgan fingerprint density at radius 3 is 2.67 bits per heavy atom. The van der Waals surface area contributed by atoms with Crippen LogP contribution in [0.4, 0.5) is 0 Å². The number of aliphatic hydroxyl groups is 1. The highest BCUT2D eigenvalue weighted by Gasteiger charge is 2.28. The number of amides is 1. The first-order valence-corrected chi connectivity index (χ1v) is 5.51. The zero-order chi connectivity index (χ0) is 11.6. The lowest BCUT2D eigenvalue weighted by Gasteiger charge is -2.33. The summed E-state index contributed by atoms with van der Waals surface area (Å²) in [6, 6.07) is 0. The lowest BCUT2D eigenvalue weighted by molar-refractivity contribution is 0.0477. The molecule has 0 spiro atoms. The highest BCUT2D eigenvalue weighted by molar-refractivity contribution is 7.13. The number of carbonyl (C=O) groups is 1. The van der Waals surface area contributed by atoms with Crippen molar-refractivity contribution < 1.29 is 9.90 Å². The van der Waals surface area contributed by atoms with Crippen LogP contribution in [0.2, 0.25) is 0 Å². The molecule has 1 aromatic rings. The molecule has 0 saturated carbocycles. The SMILES string of the molecule is Cc1ncc(C(=O)N(C)C(C)(C)CO)s1. The van der Waals surface area contributed by atoms with Crippen LogP contribution in [-0.4, -0.2) is 40.1 Å². The summed E-state index contributed by atoms with van der Waals surface area (Å²) in [7, 11) is 1.69. The minimum atomic E-state index is -0.547. The molecule has 5 heteroatoms. The smallest absolute Gasteiger partial charge is 0.265 e. The molecule has 1 aromatic heterocycles. The molecule has 0 aliphatic heterocycles. The van der Waals surface area contributed by atoms with Crippen molar-refractivity contribution in [1.29, 1.82) is 0 Å². The van der Waals surface area contributed by atoms with Crippen LogP contribution in [0, 0.1) is 6.92 Å². The monoisotopic (exact) mass is 228 g/mol. The van der Waals surface area contributed by atoms with Crippen LogP contribution in [0.15, 0.2) is 6.20 Å².